The summed E-state index contributed by atoms with van der Waals surface area (Å²) in [5.41, 5.74) is 4.39. The maximum Gasteiger partial charge on any atom is 0.131 e. The molecule has 0 amide bonds. The highest BCUT2D eigenvalue weighted by atomic mass is 35.5. The summed E-state index contributed by atoms with van der Waals surface area (Å²) >= 11 is 6.06. The zero-order chi connectivity index (χ0) is 14.0. The first kappa shape index (κ1) is 14.0. The van der Waals surface area contributed by atoms with E-state index < -0.39 is 0 Å². The summed E-state index contributed by atoms with van der Waals surface area (Å²) < 4.78 is 14.3. The zero-order valence-electron chi connectivity index (χ0n) is 11.3. The molecular formula is C16H17ClFN. The molecule has 2 aromatic carbocycles. The van der Waals surface area contributed by atoms with Crippen LogP contribution >= 0.6 is 11.6 Å². The third-order valence-electron chi connectivity index (χ3n) is 3.14. The molecule has 3 heteroatoms. The van der Waals surface area contributed by atoms with E-state index >= 15 is 0 Å². The van der Waals surface area contributed by atoms with E-state index in [9.17, 15) is 4.39 Å². The molecule has 2 rings (SSSR count). The van der Waals surface area contributed by atoms with Crippen LogP contribution < -0.4 is 5.32 Å². The number of nitrogens with one attached hydrogen (secondary N) is 1. The molecule has 0 heterocycles. The Morgan fingerprint density at radius 2 is 1.89 bits per heavy atom. The molecule has 0 aliphatic carbocycles. The van der Waals surface area contributed by atoms with Crippen molar-refractivity contribution in [1.82, 2.24) is 5.32 Å². The van der Waals surface area contributed by atoms with E-state index in [1.165, 1.54) is 0 Å². The Balaban J connectivity index is 2.67. The van der Waals surface area contributed by atoms with Gasteiger partial charge in [-0.25, -0.2) is 4.39 Å². The summed E-state index contributed by atoms with van der Waals surface area (Å²) in [5, 5.41) is 3.72. The average Bonchev–Trinajstić information content (AvgIpc) is 2.31. The van der Waals surface area contributed by atoms with E-state index in [-0.39, 0.29) is 5.82 Å². The maximum absolute atomic E-state index is 14.3. The van der Waals surface area contributed by atoms with Gasteiger partial charge in [0.25, 0.3) is 0 Å². The van der Waals surface area contributed by atoms with Gasteiger partial charge in [-0.2, -0.15) is 0 Å². The van der Waals surface area contributed by atoms with E-state index in [2.05, 4.69) is 5.32 Å². The molecule has 0 aromatic heterocycles. The minimum absolute atomic E-state index is 0.197. The summed E-state index contributed by atoms with van der Waals surface area (Å²) in [6.45, 7) is 4.50. The highest BCUT2D eigenvalue weighted by molar-refractivity contribution is 6.30. The summed E-state index contributed by atoms with van der Waals surface area (Å²) in [6, 6.07) is 9.15. The monoisotopic (exact) mass is 277 g/mol. The second-order valence-electron chi connectivity index (χ2n) is 4.77. The lowest BCUT2D eigenvalue weighted by molar-refractivity contribution is 0.628. The van der Waals surface area contributed by atoms with Gasteiger partial charge >= 0.3 is 0 Å². The molecule has 0 saturated carbocycles. The Bertz CT molecular complexity index is 585. The van der Waals surface area contributed by atoms with Gasteiger partial charge in [0.15, 0.2) is 0 Å². The first-order valence-electron chi connectivity index (χ1n) is 6.23. The number of rotatable bonds is 3. The lowest BCUT2D eigenvalue weighted by atomic mass is 9.94. The van der Waals surface area contributed by atoms with Crippen LogP contribution in [-0.4, -0.2) is 7.05 Å². The van der Waals surface area contributed by atoms with Crippen LogP contribution in [0.2, 0.25) is 5.02 Å². The van der Waals surface area contributed by atoms with E-state index in [4.69, 9.17) is 11.6 Å². The number of benzene rings is 2. The third-order valence-corrected chi connectivity index (χ3v) is 3.38. The smallest absolute Gasteiger partial charge is 0.131 e. The molecule has 0 aliphatic rings. The van der Waals surface area contributed by atoms with E-state index in [0.29, 0.717) is 17.1 Å². The molecule has 2 aromatic rings. The topological polar surface area (TPSA) is 12.0 Å². The minimum Gasteiger partial charge on any atom is -0.316 e. The quantitative estimate of drug-likeness (QED) is 0.872. The molecule has 0 fully saturated rings. The minimum atomic E-state index is -0.197. The van der Waals surface area contributed by atoms with Crippen molar-refractivity contribution in [2.24, 2.45) is 0 Å². The van der Waals surface area contributed by atoms with Crippen LogP contribution in [0, 0.1) is 19.7 Å². The van der Waals surface area contributed by atoms with Gasteiger partial charge in [0.05, 0.1) is 0 Å². The number of aryl methyl sites for hydroxylation is 2. The van der Waals surface area contributed by atoms with Crippen molar-refractivity contribution in [3.05, 3.63) is 57.9 Å². The van der Waals surface area contributed by atoms with Crippen molar-refractivity contribution in [2.45, 2.75) is 20.4 Å². The molecule has 0 saturated heterocycles. The molecule has 0 unspecified atom stereocenters. The van der Waals surface area contributed by atoms with Gasteiger partial charge in [-0.15, -0.1) is 0 Å². The standard InChI is InChI=1S/C16H17ClFN/c1-10-6-11(2)16(15(18)7-10)14-8-13(17)5-4-12(14)9-19-3/h4-8,19H,9H2,1-3H3. The normalized spacial score (nSPS) is 10.8. The predicted octanol–water partition coefficient (Wildman–Crippen LogP) is 4.48. The Morgan fingerprint density at radius 3 is 2.53 bits per heavy atom. The van der Waals surface area contributed by atoms with Crippen LogP contribution in [0.4, 0.5) is 4.39 Å². The predicted molar refractivity (Wildman–Crippen MR) is 79.1 cm³/mol. The SMILES string of the molecule is CNCc1ccc(Cl)cc1-c1c(C)cc(C)cc1F. The molecule has 0 spiro atoms. The average molecular weight is 278 g/mol. The van der Waals surface area contributed by atoms with Gasteiger partial charge in [-0.1, -0.05) is 23.7 Å². The van der Waals surface area contributed by atoms with Crippen molar-refractivity contribution in [1.29, 1.82) is 0 Å². The molecule has 0 bridgehead atoms. The molecular weight excluding hydrogens is 261 g/mol. The zero-order valence-corrected chi connectivity index (χ0v) is 12.1. The fourth-order valence-corrected chi connectivity index (χ4v) is 2.55. The Labute approximate surface area is 118 Å². The van der Waals surface area contributed by atoms with Crippen LogP contribution in [0.25, 0.3) is 11.1 Å². The molecule has 0 aliphatic heterocycles. The molecule has 1 nitrogen and oxygen atoms in total. The van der Waals surface area contributed by atoms with Crippen LogP contribution in [0.5, 0.6) is 0 Å². The Morgan fingerprint density at radius 1 is 1.16 bits per heavy atom. The second-order valence-corrected chi connectivity index (χ2v) is 5.21. The Hall–Kier alpha value is -1.38. The van der Waals surface area contributed by atoms with Crippen LogP contribution in [0.1, 0.15) is 16.7 Å². The molecule has 19 heavy (non-hydrogen) atoms. The van der Waals surface area contributed by atoms with Crippen molar-refractivity contribution in [3.63, 3.8) is 0 Å². The van der Waals surface area contributed by atoms with Crippen molar-refractivity contribution < 1.29 is 4.39 Å². The molecule has 1 N–H and O–H groups in total. The van der Waals surface area contributed by atoms with Gasteiger partial charge in [0.2, 0.25) is 0 Å². The van der Waals surface area contributed by atoms with Crippen molar-refractivity contribution in [3.8, 4) is 11.1 Å². The Kier molecular flexibility index (Phi) is 4.23. The van der Waals surface area contributed by atoms with E-state index in [1.807, 2.05) is 45.2 Å². The van der Waals surface area contributed by atoms with Gasteiger partial charge in [-0.05, 0) is 61.3 Å². The molecule has 0 radical (unpaired) electrons. The summed E-state index contributed by atoms with van der Waals surface area (Å²) in [5.74, 6) is -0.197. The van der Waals surface area contributed by atoms with Gasteiger partial charge < -0.3 is 5.32 Å². The van der Waals surface area contributed by atoms with Crippen LogP contribution in [0.3, 0.4) is 0 Å². The number of halogens is 2. The highest BCUT2D eigenvalue weighted by Gasteiger charge is 2.13. The summed E-state index contributed by atoms with van der Waals surface area (Å²) in [7, 11) is 1.87. The van der Waals surface area contributed by atoms with Crippen molar-refractivity contribution in [2.75, 3.05) is 7.05 Å². The fraction of sp³-hybridized carbons (Fsp3) is 0.250. The number of hydrogen-bond acceptors (Lipinski definition) is 1. The second kappa shape index (κ2) is 5.72. The molecule has 0 atom stereocenters. The van der Waals surface area contributed by atoms with Crippen molar-refractivity contribution >= 4 is 11.6 Å². The van der Waals surface area contributed by atoms with Gasteiger partial charge in [-0.3, -0.25) is 0 Å². The van der Waals surface area contributed by atoms with Gasteiger partial charge in [0, 0.05) is 17.1 Å². The largest absolute Gasteiger partial charge is 0.316 e. The van der Waals surface area contributed by atoms with Crippen LogP contribution in [-0.2, 0) is 6.54 Å². The first-order valence-corrected chi connectivity index (χ1v) is 6.61. The summed E-state index contributed by atoms with van der Waals surface area (Å²) in [4.78, 5) is 0. The van der Waals surface area contributed by atoms with E-state index in [1.54, 1.807) is 6.07 Å². The van der Waals surface area contributed by atoms with E-state index in [0.717, 1.165) is 22.3 Å². The lowest BCUT2D eigenvalue weighted by Crippen LogP contribution is -2.07. The fourth-order valence-electron chi connectivity index (χ4n) is 2.38. The highest BCUT2D eigenvalue weighted by Crippen LogP contribution is 2.32. The maximum atomic E-state index is 14.3. The number of hydrogen-bond donors (Lipinski definition) is 1. The summed E-state index contributed by atoms with van der Waals surface area (Å²) in [6.07, 6.45) is 0. The lowest BCUT2D eigenvalue weighted by Gasteiger charge is -2.14. The molecule has 100 valence electrons. The van der Waals surface area contributed by atoms with Gasteiger partial charge in [0.1, 0.15) is 5.82 Å². The first-order chi connectivity index (χ1) is 9.02. The van der Waals surface area contributed by atoms with Crippen LogP contribution in [0.15, 0.2) is 30.3 Å². The third kappa shape index (κ3) is 2.96.